The van der Waals surface area contributed by atoms with Gasteiger partial charge in [0.1, 0.15) is 11.7 Å². The first kappa shape index (κ1) is 19.2. The molecule has 0 saturated heterocycles. The second-order valence-electron chi connectivity index (χ2n) is 5.89. The van der Waals surface area contributed by atoms with Gasteiger partial charge in [-0.2, -0.15) is 0 Å². The lowest BCUT2D eigenvalue weighted by molar-refractivity contribution is -0.134. The minimum atomic E-state index is -1.05. The van der Waals surface area contributed by atoms with Crippen LogP contribution in [0.5, 0.6) is 5.88 Å². The highest BCUT2D eigenvalue weighted by molar-refractivity contribution is 9.10. The van der Waals surface area contributed by atoms with Crippen molar-refractivity contribution in [3.05, 3.63) is 50.5 Å². The number of H-pyrrole nitrogens is 1. The fraction of sp³-hybridized carbons (Fsp3) is 0.375. The third kappa shape index (κ3) is 4.50. The Morgan fingerprint density at radius 3 is 2.52 bits per heavy atom. The Hall–Kier alpha value is -2.10. The van der Waals surface area contributed by atoms with Gasteiger partial charge in [-0.05, 0) is 23.6 Å². The Labute approximate surface area is 152 Å². The van der Waals surface area contributed by atoms with Gasteiger partial charge in [0.05, 0.1) is 13.2 Å². The molecule has 136 valence electrons. The van der Waals surface area contributed by atoms with Gasteiger partial charge in [-0.1, -0.05) is 41.9 Å². The fourth-order valence-corrected chi connectivity index (χ4v) is 2.75. The molecule has 0 spiro atoms. The number of ether oxygens (including phenoxy) is 1. The Kier molecular flexibility index (Phi) is 6.40. The van der Waals surface area contributed by atoms with Crippen molar-refractivity contribution in [1.82, 2.24) is 15.0 Å². The average molecular weight is 414 g/mol. The lowest BCUT2D eigenvalue weighted by Crippen LogP contribution is -2.37. The number of imidazole rings is 1. The lowest BCUT2D eigenvalue weighted by Gasteiger charge is -2.19. The second-order valence-corrected chi connectivity index (χ2v) is 6.80. The number of hydrogen-bond acceptors (Lipinski definition) is 5. The Bertz CT molecular complexity index is 782. The normalized spacial score (nSPS) is 12.4. The molecule has 0 saturated carbocycles. The van der Waals surface area contributed by atoms with E-state index < -0.39 is 17.6 Å². The van der Waals surface area contributed by atoms with E-state index in [1.54, 1.807) is 13.8 Å². The third-order valence-electron chi connectivity index (χ3n) is 3.69. The van der Waals surface area contributed by atoms with E-state index in [9.17, 15) is 14.7 Å². The third-order valence-corrected chi connectivity index (χ3v) is 4.22. The molecule has 0 aliphatic carbocycles. The van der Waals surface area contributed by atoms with E-state index in [4.69, 9.17) is 9.94 Å². The van der Waals surface area contributed by atoms with Crippen LogP contribution in [0.4, 0.5) is 0 Å². The number of hydroxylamine groups is 1. The predicted octanol–water partition coefficient (Wildman–Crippen LogP) is 2.06. The summed E-state index contributed by atoms with van der Waals surface area (Å²) >= 11 is 3.35. The number of nitrogens with zero attached hydrogens (tertiary/aromatic N) is 1. The first-order valence-corrected chi connectivity index (χ1v) is 8.43. The number of halogens is 1. The summed E-state index contributed by atoms with van der Waals surface area (Å²) in [5, 5.41) is 19.1. The van der Waals surface area contributed by atoms with Crippen molar-refractivity contribution >= 4 is 21.8 Å². The SMILES string of the molecule is CC(C)[C@H](C(=O)NO)n1c(O)c(COCc2ccc(Br)cc2)[nH]c1=O. The zero-order chi connectivity index (χ0) is 18.6. The molecule has 8 nitrogen and oxygen atoms in total. The van der Waals surface area contributed by atoms with Gasteiger partial charge in [0.15, 0.2) is 0 Å². The van der Waals surface area contributed by atoms with Crippen LogP contribution in [0.25, 0.3) is 0 Å². The number of carbonyl (C=O) groups excluding carboxylic acids is 1. The molecule has 2 rings (SSSR count). The summed E-state index contributed by atoms with van der Waals surface area (Å²) in [6.07, 6.45) is 0. The van der Waals surface area contributed by atoms with Crippen LogP contribution >= 0.6 is 15.9 Å². The van der Waals surface area contributed by atoms with Crippen LogP contribution in [0.2, 0.25) is 0 Å². The van der Waals surface area contributed by atoms with Crippen LogP contribution in [-0.4, -0.2) is 25.8 Å². The smallest absolute Gasteiger partial charge is 0.329 e. The summed E-state index contributed by atoms with van der Waals surface area (Å²) in [6, 6.07) is 6.50. The summed E-state index contributed by atoms with van der Waals surface area (Å²) in [4.78, 5) is 26.4. The van der Waals surface area contributed by atoms with Crippen molar-refractivity contribution in [3.8, 4) is 5.88 Å². The van der Waals surface area contributed by atoms with Crippen LogP contribution in [0.3, 0.4) is 0 Å². The molecule has 2 aromatic rings. The van der Waals surface area contributed by atoms with Crippen LogP contribution in [0.1, 0.15) is 31.1 Å². The van der Waals surface area contributed by atoms with Gasteiger partial charge in [0, 0.05) is 4.47 Å². The Morgan fingerprint density at radius 1 is 1.32 bits per heavy atom. The van der Waals surface area contributed by atoms with E-state index >= 15 is 0 Å². The van der Waals surface area contributed by atoms with Gasteiger partial charge in [0.2, 0.25) is 5.88 Å². The summed E-state index contributed by atoms with van der Waals surface area (Å²) in [5.74, 6) is -1.50. The van der Waals surface area contributed by atoms with Gasteiger partial charge in [-0.25, -0.2) is 14.8 Å². The summed E-state index contributed by atoms with van der Waals surface area (Å²) in [5.41, 5.74) is 1.97. The van der Waals surface area contributed by atoms with E-state index in [1.807, 2.05) is 24.3 Å². The zero-order valence-electron chi connectivity index (χ0n) is 13.8. The van der Waals surface area contributed by atoms with Crippen molar-refractivity contribution < 1.29 is 19.8 Å². The van der Waals surface area contributed by atoms with E-state index in [-0.39, 0.29) is 24.1 Å². The molecule has 0 unspecified atom stereocenters. The monoisotopic (exact) mass is 413 g/mol. The summed E-state index contributed by atoms with van der Waals surface area (Å²) < 4.78 is 7.38. The number of benzene rings is 1. The van der Waals surface area contributed by atoms with E-state index in [0.29, 0.717) is 6.61 Å². The van der Waals surface area contributed by atoms with Crippen LogP contribution in [0.15, 0.2) is 33.5 Å². The van der Waals surface area contributed by atoms with Crippen molar-refractivity contribution in [2.24, 2.45) is 5.92 Å². The molecular formula is C16H20BrN3O5. The van der Waals surface area contributed by atoms with Crippen LogP contribution < -0.4 is 11.2 Å². The number of aromatic amines is 1. The molecule has 1 aromatic heterocycles. The molecule has 1 atom stereocenters. The molecule has 25 heavy (non-hydrogen) atoms. The molecule has 0 radical (unpaired) electrons. The first-order chi connectivity index (χ1) is 11.8. The standard InChI is InChI=1S/C16H20BrN3O5/c1-9(2)13(14(21)19-24)20-15(22)12(18-16(20)23)8-25-7-10-3-5-11(17)6-4-10/h3-6,9,13,22,24H,7-8H2,1-2H3,(H,18,23)(H,19,21)/t13-/m1/s1. The maximum atomic E-state index is 12.1. The van der Waals surface area contributed by atoms with Crippen LogP contribution in [0, 0.1) is 5.92 Å². The molecule has 0 aliphatic heterocycles. The second kappa shape index (κ2) is 8.32. The van der Waals surface area contributed by atoms with Gasteiger partial charge >= 0.3 is 5.69 Å². The minimum Gasteiger partial charge on any atom is -0.493 e. The van der Waals surface area contributed by atoms with E-state index in [0.717, 1.165) is 14.6 Å². The number of hydrogen-bond donors (Lipinski definition) is 4. The van der Waals surface area contributed by atoms with Crippen molar-refractivity contribution in [1.29, 1.82) is 0 Å². The first-order valence-electron chi connectivity index (χ1n) is 7.63. The van der Waals surface area contributed by atoms with Crippen molar-refractivity contribution in [3.63, 3.8) is 0 Å². The fourth-order valence-electron chi connectivity index (χ4n) is 2.48. The van der Waals surface area contributed by atoms with Gasteiger partial charge < -0.3 is 14.8 Å². The van der Waals surface area contributed by atoms with Gasteiger partial charge in [-0.3, -0.25) is 10.0 Å². The number of aromatic nitrogens is 2. The van der Waals surface area contributed by atoms with Crippen LogP contribution in [-0.2, 0) is 22.7 Å². The van der Waals surface area contributed by atoms with Crippen molar-refractivity contribution in [2.75, 3.05) is 0 Å². The molecule has 1 heterocycles. The molecular weight excluding hydrogens is 394 g/mol. The molecule has 1 aromatic carbocycles. The highest BCUT2D eigenvalue weighted by Crippen LogP contribution is 2.24. The van der Waals surface area contributed by atoms with Crippen molar-refractivity contribution in [2.45, 2.75) is 33.1 Å². The number of rotatable bonds is 7. The maximum Gasteiger partial charge on any atom is 0.329 e. The Morgan fingerprint density at radius 2 is 1.96 bits per heavy atom. The molecule has 9 heteroatoms. The minimum absolute atomic E-state index is 0.0320. The molecule has 0 bridgehead atoms. The average Bonchev–Trinajstić information content (AvgIpc) is 2.84. The summed E-state index contributed by atoms with van der Waals surface area (Å²) in [7, 11) is 0. The number of amides is 1. The molecule has 0 aliphatic rings. The lowest BCUT2D eigenvalue weighted by atomic mass is 10.0. The highest BCUT2D eigenvalue weighted by Gasteiger charge is 2.29. The van der Waals surface area contributed by atoms with Gasteiger partial charge in [-0.15, -0.1) is 0 Å². The highest BCUT2D eigenvalue weighted by atomic mass is 79.9. The van der Waals surface area contributed by atoms with E-state index in [1.165, 1.54) is 5.48 Å². The van der Waals surface area contributed by atoms with Gasteiger partial charge in [0.25, 0.3) is 5.91 Å². The summed E-state index contributed by atoms with van der Waals surface area (Å²) in [6.45, 7) is 3.66. The predicted molar refractivity (Wildman–Crippen MR) is 93.2 cm³/mol. The number of carbonyl (C=O) groups is 1. The Balaban J connectivity index is 2.14. The van der Waals surface area contributed by atoms with E-state index in [2.05, 4.69) is 20.9 Å². The largest absolute Gasteiger partial charge is 0.493 e. The zero-order valence-corrected chi connectivity index (χ0v) is 15.4. The number of aromatic hydroxyl groups is 1. The molecule has 4 N–H and O–H groups in total. The maximum absolute atomic E-state index is 12.1. The number of nitrogens with one attached hydrogen (secondary N) is 2. The quantitative estimate of drug-likeness (QED) is 0.409. The topological polar surface area (TPSA) is 117 Å². The molecule has 0 fully saturated rings. The molecule has 1 amide bonds.